The molecule has 3 aromatic rings. The fraction of sp³-hybridized carbons (Fsp3) is 0.222. The maximum absolute atomic E-state index is 12.2. The number of rotatable bonds is 6. The fourth-order valence-corrected chi connectivity index (χ4v) is 2.53. The lowest BCUT2D eigenvalue weighted by atomic mass is 10.1. The van der Waals surface area contributed by atoms with Gasteiger partial charge in [0.05, 0.1) is 25.8 Å². The molecule has 1 amide bonds. The topological polar surface area (TPSA) is 106 Å². The minimum absolute atomic E-state index is 0.375. The number of esters is 1. The third-order valence-corrected chi connectivity index (χ3v) is 3.94. The molecule has 0 aliphatic carbocycles. The molecule has 8 heteroatoms. The number of carbonyl (C=O) groups is 2. The van der Waals surface area contributed by atoms with Crippen molar-refractivity contribution < 1.29 is 19.4 Å². The van der Waals surface area contributed by atoms with Gasteiger partial charge in [0.2, 0.25) is 0 Å². The molecule has 0 saturated carbocycles. The number of aromatic nitrogens is 3. The number of methoxy groups -OCH3 is 1. The Morgan fingerprint density at radius 3 is 2.62 bits per heavy atom. The number of amides is 1. The smallest absolute Gasteiger partial charge is 0.330 e. The summed E-state index contributed by atoms with van der Waals surface area (Å²) in [6.07, 6.45) is 0. The molecule has 0 aliphatic rings. The van der Waals surface area contributed by atoms with Crippen LogP contribution in [0.2, 0.25) is 0 Å². The molecule has 134 valence electrons. The van der Waals surface area contributed by atoms with Crippen molar-refractivity contribution in [3.05, 3.63) is 59.7 Å². The van der Waals surface area contributed by atoms with Gasteiger partial charge in [-0.1, -0.05) is 29.5 Å². The van der Waals surface area contributed by atoms with Crippen LogP contribution in [0.4, 0.5) is 0 Å². The number of nitrogens with zero attached hydrogens (tertiary/aromatic N) is 3. The van der Waals surface area contributed by atoms with Gasteiger partial charge in [-0.15, -0.1) is 5.10 Å². The van der Waals surface area contributed by atoms with Crippen molar-refractivity contribution in [2.75, 3.05) is 13.7 Å². The maximum Gasteiger partial charge on any atom is 0.330 e. The summed E-state index contributed by atoms with van der Waals surface area (Å²) >= 11 is 0. The van der Waals surface area contributed by atoms with Crippen molar-refractivity contribution in [3.63, 3.8) is 0 Å². The van der Waals surface area contributed by atoms with Crippen LogP contribution in [0, 0.1) is 0 Å². The Kier molecular flexibility index (Phi) is 5.23. The van der Waals surface area contributed by atoms with Crippen LogP contribution in [-0.4, -0.2) is 51.7 Å². The number of carbonyl (C=O) groups excluding carboxylic acids is 2. The normalized spacial score (nSPS) is 11.9. The van der Waals surface area contributed by atoms with Gasteiger partial charge in [0, 0.05) is 5.56 Å². The van der Waals surface area contributed by atoms with Crippen LogP contribution in [0.15, 0.2) is 48.5 Å². The summed E-state index contributed by atoms with van der Waals surface area (Å²) in [4.78, 5) is 23.6. The van der Waals surface area contributed by atoms with E-state index < -0.39 is 24.5 Å². The SMILES string of the molecule is COC(=O)[C@@H](CO)NC(=O)c1ccc(Cn2nnc3ccccc32)cc1. The van der Waals surface area contributed by atoms with Crippen molar-refractivity contribution in [1.29, 1.82) is 0 Å². The number of hydrogen-bond acceptors (Lipinski definition) is 6. The highest BCUT2D eigenvalue weighted by molar-refractivity contribution is 5.96. The highest BCUT2D eigenvalue weighted by Gasteiger charge is 2.21. The predicted octanol–water partition coefficient (Wildman–Crippen LogP) is 0.743. The quantitative estimate of drug-likeness (QED) is 0.633. The van der Waals surface area contributed by atoms with Crippen molar-refractivity contribution >= 4 is 22.9 Å². The number of nitrogens with one attached hydrogen (secondary N) is 1. The first-order chi connectivity index (χ1) is 12.6. The monoisotopic (exact) mass is 354 g/mol. The van der Waals surface area contributed by atoms with Gasteiger partial charge in [-0.05, 0) is 29.8 Å². The molecule has 0 unspecified atom stereocenters. The minimum Gasteiger partial charge on any atom is -0.467 e. The summed E-state index contributed by atoms with van der Waals surface area (Å²) in [7, 11) is 1.19. The molecule has 8 nitrogen and oxygen atoms in total. The molecule has 3 rings (SSSR count). The first-order valence-corrected chi connectivity index (χ1v) is 7.99. The van der Waals surface area contributed by atoms with Gasteiger partial charge >= 0.3 is 5.97 Å². The lowest BCUT2D eigenvalue weighted by molar-refractivity contribution is -0.143. The summed E-state index contributed by atoms with van der Waals surface area (Å²) in [5, 5.41) is 19.8. The van der Waals surface area contributed by atoms with Gasteiger partial charge in [-0.2, -0.15) is 0 Å². The zero-order chi connectivity index (χ0) is 18.5. The van der Waals surface area contributed by atoms with Gasteiger partial charge in [0.25, 0.3) is 5.91 Å². The van der Waals surface area contributed by atoms with E-state index in [2.05, 4.69) is 20.4 Å². The molecule has 2 N–H and O–H groups in total. The number of para-hydroxylation sites is 1. The predicted molar refractivity (Wildman–Crippen MR) is 93.4 cm³/mol. The van der Waals surface area contributed by atoms with Crippen molar-refractivity contribution in [1.82, 2.24) is 20.3 Å². The van der Waals surface area contributed by atoms with Gasteiger partial charge < -0.3 is 15.2 Å². The first kappa shape index (κ1) is 17.6. The molecule has 0 spiro atoms. The van der Waals surface area contributed by atoms with Crippen LogP contribution in [-0.2, 0) is 16.1 Å². The van der Waals surface area contributed by atoms with E-state index in [1.165, 1.54) is 7.11 Å². The number of aliphatic hydroxyl groups is 1. The van der Waals surface area contributed by atoms with Crippen LogP contribution in [0.3, 0.4) is 0 Å². The molecule has 1 aromatic heterocycles. The van der Waals surface area contributed by atoms with Gasteiger partial charge in [0.1, 0.15) is 5.52 Å². The maximum atomic E-state index is 12.2. The average molecular weight is 354 g/mol. The second-order valence-electron chi connectivity index (χ2n) is 5.66. The lowest BCUT2D eigenvalue weighted by Gasteiger charge is -2.14. The van der Waals surface area contributed by atoms with E-state index in [0.717, 1.165) is 16.6 Å². The van der Waals surface area contributed by atoms with Crippen LogP contribution in [0.25, 0.3) is 11.0 Å². The zero-order valence-electron chi connectivity index (χ0n) is 14.1. The molecule has 0 bridgehead atoms. The number of hydrogen-bond donors (Lipinski definition) is 2. The van der Waals surface area contributed by atoms with Crippen molar-refractivity contribution in [2.45, 2.75) is 12.6 Å². The van der Waals surface area contributed by atoms with E-state index in [9.17, 15) is 9.59 Å². The van der Waals surface area contributed by atoms with Crippen molar-refractivity contribution in [3.8, 4) is 0 Å². The summed E-state index contributed by atoms with van der Waals surface area (Å²) < 4.78 is 6.30. The Morgan fingerprint density at radius 1 is 1.19 bits per heavy atom. The Morgan fingerprint density at radius 2 is 1.92 bits per heavy atom. The highest BCUT2D eigenvalue weighted by atomic mass is 16.5. The van der Waals surface area contributed by atoms with Gasteiger partial charge in [-0.25, -0.2) is 9.48 Å². The van der Waals surface area contributed by atoms with E-state index in [0.29, 0.717) is 12.1 Å². The highest BCUT2D eigenvalue weighted by Crippen LogP contribution is 2.13. The first-order valence-electron chi connectivity index (χ1n) is 7.99. The Balaban J connectivity index is 1.70. The molecule has 0 fully saturated rings. The van der Waals surface area contributed by atoms with E-state index in [1.54, 1.807) is 28.9 Å². The molecule has 26 heavy (non-hydrogen) atoms. The van der Waals surface area contributed by atoms with Crippen LogP contribution in [0.5, 0.6) is 0 Å². The molecule has 0 aliphatic heterocycles. The summed E-state index contributed by atoms with van der Waals surface area (Å²) in [6.45, 7) is -0.0142. The lowest BCUT2D eigenvalue weighted by Crippen LogP contribution is -2.44. The van der Waals surface area contributed by atoms with E-state index >= 15 is 0 Å². The number of ether oxygens (including phenoxy) is 1. The zero-order valence-corrected chi connectivity index (χ0v) is 14.1. The summed E-state index contributed by atoms with van der Waals surface area (Å²) in [6, 6.07) is 13.5. The Hall–Kier alpha value is -3.26. The summed E-state index contributed by atoms with van der Waals surface area (Å²) in [5.41, 5.74) is 3.07. The molecule has 1 atom stereocenters. The number of aliphatic hydroxyl groups excluding tert-OH is 1. The van der Waals surface area contributed by atoms with Crippen LogP contribution in [0.1, 0.15) is 15.9 Å². The third kappa shape index (κ3) is 3.70. The van der Waals surface area contributed by atoms with Crippen molar-refractivity contribution in [2.24, 2.45) is 0 Å². The molecule has 2 aromatic carbocycles. The van der Waals surface area contributed by atoms with E-state index in [4.69, 9.17) is 5.11 Å². The van der Waals surface area contributed by atoms with Crippen LogP contribution >= 0.6 is 0 Å². The molecular weight excluding hydrogens is 336 g/mol. The molecule has 0 saturated heterocycles. The average Bonchev–Trinajstić information content (AvgIpc) is 3.09. The van der Waals surface area contributed by atoms with Crippen LogP contribution < -0.4 is 5.32 Å². The van der Waals surface area contributed by atoms with Gasteiger partial charge in [0.15, 0.2) is 6.04 Å². The Labute approximate surface area is 149 Å². The number of benzene rings is 2. The third-order valence-electron chi connectivity index (χ3n) is 3.94. The second-order valence-corrected chi connectivity index (χ2v) is 5.66. The molecule has 0 radical (unpaired) electrons. The number of fused-ring (bicyclic) bond motifs is 1. The van der Waals surface area contributed by atoms with E-state index in [1.807, 2.05) is 24.3 Å². The summed E-state index contributed by atoms with van der Waals surface area (Å²) in [5.74, 6) is -1.16. The second kappa shape index (κ2) is 7.75. The Bertz CT molecular complexity index is 920. The van der Waals surface area contributed by atoms with E-state index in [-0.39, 0.29) is 0 Å². The van der Waals surface area contributed by atoms with Gasteiger partial charge in [-0.3, -0.25) is 4.79 Å². The largest absolute Gasteiger partial charge is 0.467 e. The molecular formula is C18H18N4O4. The minimum atomic E-state index is -1.09. The molecule has 1 heterocycles. The fourth-order valence-electron chi connectivity index (χ4n) is 2.53. The standard InChI is InChI=1S/C18H18N4O4/c1-26-18(25)15(11-23)19-17(24)13-8-6-12(7-9-13)10-22-16-5-3-2-4-14(16)20-21-22/h2-9,15,23H,10-11H2,1H3,(H,19,24)/t15-/m1/s1.